The van der Waals surface area contributed by atoms with Crippen LogP contribution in [-0.2, 0) is 4.74 Å². The van der Waals surface area contributed by atoms with Gasteiger partial charge in [0.25, 0.3) is 0 Å². The van der Waals surface area contributed by atoms with E-state index in [1.54, 1.807) is 60.9 Å². The van der Waals surface area contributed by atoms with Crippen LogP contribution in [0.2, 0.25) is 0 Å². The van der Waals surface area contributed by atoms with Crippen molar-refractivity contribution in [2.45, 2.75) is 71.1 Å². The molecule has 0 saturated carbocycles. The van der Waals surface area contributed by atoms with Crippen LogP contribution in [0.15, 0.2) is 72.8 Å². The lowest BCUT2D eigenvalue weighted by atomic mass is 9.85. The normalized spacial score (nSPS) is 20.5. The van der Waals surface area contributed by atoms with Gasteiger partial charge in [-0.3, -0.25) is 0 Å². The summed E-state index contributed by atoms with van der Waals surface area (Å²) in [6.45, 7) is 10.4. The van der Waals surface area contributed by atoms with Gasteiger partial charge in [-0.25, -0.2) is 0 Å². The Morgan fingerprint density at radius 3 is 1.30 bits per heavy atom. The summed E-state index contributed by atoms with van der Waals surface area (Å²) in [5, 5.41) is 11.1. The number of methoxy groups -OCH3 is 6. The van der Waals surface area contributed by atoms with Crippen molar-refractivity contribution >= 4 is 0 Å². The standard InChI is InChI=1S/C43H54O10/c1-24-25(2)43(32-15-19-36(40(23-32)50-11)52-28(5)41(44)30-13-17-34(46-7)38(21-30)48-9)53-42(24)31-14-18-35(39(22-31)49-10)51-27(4)26(3)29-12-16-33(45-6)37(20-29)47-8/h12-28,41-44H,1-11H3/t24?,25-,26-,27-,28?,41-,42?,43?/m1/s1. The van der Waals surface area contributed by atoms with E-state index in [2.05, 4.69) is 33.8 Å². The van der Waals surface area contributed by atoms with Crippen molar-refractivity contribution in [3.05, 3.63) is 95.1 Å². The van der Waals surface area contributed by atoms with Crippen LogP contribution in [0.1, 0.15) is 81.1 Å². The van der Waals surface area contributed by atoms with E-state index in [0.29, 0.717) is 51.6 Å². The summed E-state index contributed by atoms with van der Waals surface area (Å²) in [5.74, 6) is 5.36. The monoisotopic (exact) mass is 730 g/mol. The molecule has 1 saturated heterocycles. The molecule has 10 nitrogen and oxygen atoms in total. The van der Waals surface area contributed by atoms with E-state index >= 15 is 0 Å². The van der Waals surface area contributed by atoms with Gasteiger partial charge >= 0.3 is 0 Å². The lowest BCUT2D eigenvalue weighted by molar-refractivity contribution is 0.0284. The van der Waals surface area contributed by atoms with Gasteiger partial charge in [0.15, 0.2) is 46.0 Å². The molecule has 1 aliphatic rings. The van der Waals surface area contributed by atoms with Gasteiger partial charge in [0.1, 0.15) is 18.3 Å². The fraction of sp³-hybridized carbons (Fsp3) is 0.442. The maximum atomic E-state index is 11.1. The first-order chi connectivity index (χ1) is 25.5. The Labute approximate surface area is 313 Å². The molecule has 8 atom stereocenters. The fourth-order valence-electron chi connectivity index (χ4n) is 6.92. The molecule has 10 heteroatoms. The number of hydrogen-bond acceptors (Lipinski definition) is 10. The zero-order chi connectivity index (χ0) is 38.4. The molecule has 0 aliphatic carbocycles. The second-order valence-electron chi connectivity index (χ2n) is 13.6. The molecule has 4 aromatic rings. The Bertz CT molecular complexity index is 1690. The maximum absolute atomic E-state index is 11.1. The number of aliphatic hydroxyl groups excluding tert-OH is 1. The van der Waals surface area contributed by atoms with Crippen LogP contribution in [0, 0.1) is 11.8 Å². The van der Waals surface area contributed by atoms with Gasteiger partial charge < -0.3 is 47.7 Å². The Hall–Kier alpha value is -4.80. The molecule has 1 heterocycles. The van der Waals surface area contributed by atoms with Gasteiger partial charge in [0.05, 0.1) is 54.9 Å². The van der Waals surface area contributed by atoms with Crippen molar-refractivity contribution < 1.29 is 47.7 Å². The van der Waals surface area contributed by atoms with Crippen molar-refractivity contribution in [1.29, 1.82) is 0 Å². The van der Waals surface area contributed by atoms with Gasteiger partial charge in [-0.1, -0.05) is 45.0 Å². The fourth-order valence-corrected chi connectivity index (χ4v) is 6.92. The predicted molar refractivity (Wildman–Crippen MR) is 204 cm³/mol. The van der Waals surface area contributed by atoms with E-state index in [0.717, 1.165) is 16.7 Å². The zero-order valence-corrected chi connectivity index (χ0v) is 32.7. The minimum Gasteiger partial charge on any atom is -0.493 e. The molecule has 0 aromatic heterocycles. The van der Waals surface area contributed by atoms with E-state index in [1.807, 2.05) is 55.5 Å². The maximum Gasteiger partial charge on any atom is 0.161 e. The smallest absolute Gasteiger partial charge is 0.161 e. The van der Waals surface area contributed by atoms with Gasteiger partial charge in [0, 0.05) is 5.92 Å². The molecule has 0 radical (unpaired) electrons. The lowest BCUT2D eigenvalue weighted by Gasteiger charge is -2.25. The highest BCUT2D eigenvalue weighted by Crippen LogP contribution is 2.51. The number of rotatable bonds is 16. The van der Waals surface area contributed by atoms with Gasteiger partial charge in [-0.05, 0) is 96.5 Å². The molecule has 53 heavy (non-hydrogen) atoms. The summed E-state index contributed by atoms with van der Waals surface area (Å²) < 4.78 is 52.8. The van der Waals surface area contributed by atoms with Gasteiger partial charge in [-0.15, -0.1) is 0 Å². The SMILES string of the molecule is COc1ccc([C@H](O)C(C)Oc2ccc(C3OC(c4ccc(O[C@H](C)[C@@H](C)c5ccc(OC)c(OC)c5)c(OC)c4)C(C)[C@H]3C)cc2OC)cc1OC. The van der Waals surface area contributed by atoms with Crippen LogP contribution in [0.4, 0.5) is 0 Å². The van der Waals surface area contributed by atoms with Crippen molar-refractivity contribution in [3.63, 3.8) is 0 Å². The third-order valence-electron chi connectivity index (χ3n) is 10.6. The highest BCUT2D eigenvalue weighted by Gasteiger charge is 2.41. The molecule has 0 bridgehead atoms. The number of benzene rings is 4. The molecule has 4 unspecified atom stereocenters. The van der Waals surface area contributed by atoms with Gasteiger partial charge in [-0.2, -0.15) is 0 Å². The van der Waals surface area contributed by atoms with Crippen LogP contribution in [0.5, 0.6) is 46.0 Å². The van der Waals surface area contributed by atoms with Crippen LogP contribution in [0.3, 0.4) is 0 Å². The average molecular weight is 731 g/mol. The molecule has 0 amide bonds. The third kappa shape index (κ3) is 8.39. The van der Waals surface area contributed by atoms with Crippen molar-refractivity contribution in [3.8, 4) is 46.0 Å². The van der Waals surface area contributed by atoms with Crippen LogP contribution in [0.25, 0.3) is 0 Å². The van der Waals surface area contributed by atoms with Crippen molar-refractivity contribution in [2.24, 2.45) is 11.8 Å². The molecule has 1 aliphatic heterocycles. The van der Waals surface area contributed by atoms with Gasteiger partial charge in [0.2, 0.25) is 0 Å². The van der Waals surface area contributed by atoms with E-state index < -0.39 is 12.2 Å². The molecular formula is C43H54O10. The van der Waals surface area contributed by atoms with E-state index in [-0.39, 0.29) is 36.1 Å². The molecule has 1 N–H and O–H groups in total. The topological polar surface area (TPSA) is 103 Å². The summed E-state index contributed by atoms with van der Waals surface area (Å²) in [4.78, 5) is 0. The molecular weight excluding hydrogens is 676 g/mol. The number of aliphatic hydroxyl groups is 1. The number of ether oxygens (including phenoxy) is 9. The van der Waals surface area contributed by atoms with Crippen LogP contribution in [-0.4, -0.2) is 60.0 Å². The first kappa shape index (κ1) is 39.4. The number of hydrogen-bond donors (Lipinski definition) is 1. The van der Waals surface area contributed by atoms with Crippen molar-refractivity contribution in [2.75, 3.05) is 42.7 Å². The highest BCUT2D eigenvalue weighted by atomic mass is 16.5. The summed E-state index contributed by atoms with van der Waals surface area (Å²) in [6, 6.07) is 23.1. The minimum absolute atomic E-state index is 0.0682. The molecule has 286 valence electrons. The van der Waals surface area contributed by atoms with E-state index in [9.17, 15) is 5.11 Å². The quantitative estimate of drug-likeness (QED) is 0.120. The summed E-state index contributed by atoms with van der Waals surface area (Å²) in [7, 11) is 9.66. The molecule has 1 fully saturated rings. The molecule has 5 rings (SSSR count). The zero-order valence-electron chi connectivity index (χ0n) is 32.7. The Morgan fingerprint density at radius 2 is 0.849 bits per heavy atom. The average Bonchev–Trinajstić information content (AvgIpc) is 3.49. The summed E-state index contributed by atoms with van der Waals surface area (Å²) in [5.41, 5.74) is 3.72. The summed E-state index contributed by atoms with van der Waals surface area (Å²) in [6.07, 6.45) is -2.01. The third-order valence-corrected chi connectivity index (χ3v) is 10.6. The second kappa shape index (κ2) is 17.4. The Morgan fingerprint density at radius 1 is 0.472 bits per heavy atom. The van der Waals surface area contributed by atoms with Crippen LogP contribution >= 0.6 is 0 Å². The minimum atomic E-state index is -0.919. The second-order valence-corrected chi connectivity index (χ2v) is 13.6. The Balaban J connectivity index is 1.29. The Kier molecular flexibility index (Phi) is 12.9. The first-order valence-corrected chi connectivity index (χ1v) is 17.9. The first-order valence-electron chi connectivity index (χ1n) is 17.9. The van der Waals surface area contributed by atoms with Crippen LogP contribution < -0.4 is 37.9 Å². The molecule has 0 spiro atoms. The molecule has 4 aromatic carbocycles. The lowest BCUT2D eigenvalue weighted by Crippen LogP contribution is -2.22. The van der Waals surface area contributed by atoms with E-state index in [1.165, 1.54) is 0 Å². The summed E-state index contributed by atoms with van der Waals surface area (Å²) >= 11 is 0. The largest absolute Gasteiger partial charge is 0.493 e. The highest BCUT2D eigenvalue weighted by molar-refractivity contribution is 5.48. The van der Waals surface area contributed by atoms with Crippen molar-refractivity contribution in [1.82, 2.24) is 0 Å². The van der Waals surface area contributed by atoms with E-state index in [4.69, 9.17) is 42.6 Å². The predicted octanol–water partition coefficient (Wildman–Crippen LogP) is 8.89.